The van der Waals surface area contributed by atoms with Crippen LogP contribution in [0.4, 0.5) is 18.9 Å². The van der Waals surface area contributed by atoms with E-state index in [1.54, 1.807) is 6.92 Å². The molecule has 158 valence electrons. The van der Waals surface area contributed by atoms with Gasteiger partial charge in [-0.25, -0.2) is 8.42 Å². The van der Waals surface area contributed by atoms with Crippen LogP contribution in [0, 0.1) is 0 Å². The van der Waals surface area contributed by atoms with Gasteiger partial charge in [-0.1, -0.05) is 11.6 Å². The average Bonchev–Trinajstić information content (AvgIpc) is 2.63. The summed E-state index contributed by atoms with van der Waals surface area (Å²) >= 11 is 5.83. The predicted molar refractivity (Wildman–Crippen MR) is 103 cm³/mol. The van der Waals surface area contributed by atoms with Crippen molar-refractivity contribution in [3.05, 3.63) is 53.1 Å². The minimum atomic E-state index is -4.61. The van der Waals surface area contributed by atoms with Gasteiger partial charge in [-0.15, -0.1) is 0 Å². The molecule has 2 aromatic rings. The molecule has 2 aromatic carbocycles. The van der Waals surface area contributed by atoms with Gasteiger partial charge in [0.1, 0.15) is 5.75 Å². The number of halogens is 4. The Balaban J connectivity index is 2.12. The quantitative estimate of drug-likeness (QED) is 0.691. The van der Waals surface area contributed by atoms with E-state index < -0.39 is 34.2 Å². The second kappa shape index (κ2) is 9.02. The Morgan fingerprint density at radius 2 is 1.79 bits per heavy atom. The summed E-state index contributed by atoms with van der Waals surface area (Å²) in [5.41, 5.74) is -1.26. The van der Waals surface area contributed by atoms with Crippen molar-refractivity contribution in [3.63, 3.8) is 0 Å². The van der Waals surface area contributed by atoms with Gasteiger partial charge in [0.2, 0.25) is 15.9 Å². The molecule has 0 aliphatic carbocycles. The van der Waals surface area contributed by atoms with Gasteiger partial charge in [-0.2, -0.15) is 17.5 Å². The fourth-order valence-electron chi connectivity index (χ4n) is 2.33. The van der Waals surface area contributed by atoms with Gasteiger partial charge < -0.3 is 10.1 Å². The minimum absolute atomic E-state index is 0.0617. The summed E-state index contributed by atoms with van der Waals surface area (Å²) in [5.74, 6) is -0.353. The normalized spacial score (nSPS) is 12.1. The highest BCUT2D eigenvalue weighted by Crippen LogP contribution is 2.33. The van der Waals surface area contributed by atoms with Gasteiger partial charge in [-0.05, 0) is 49.4 Å². The van der Waals surface area contributed by atoms with Gasteiger partial charge in [0.15, 0.2) is 0 Å². The molecule has 11 heteroatoms. The zero-order chi connectivity index (χ0) is 21.8. The van der Waals surface area contributed by atoms with Crippen LogP contribution in [-0.4, -0.2) is 38.8 Å². The maximum atomic E-state index is 12.8. The number of sulfonamides is 1. The maximum absolute atomic E-state index is 12.8. The molecule has 0 atom stereocenters. The van der Waals surface area contributed by atoms with E-state index >= 15 is 0 Å². The molecule has 0 aromatic heterocycles. The number of nitrogens with zero attached hydrogens (tertiary/aromatic N) is 1. The third-order valence-corrected chi connectivity index (χ3v) is 5.92. The Labute approximate surface area is 171 Å². The van der Waals surface area contributed by atoms with Crippen molar-refractivity contribution in [1.82, 2.24) is 4.31 Å². The van der Waals surface area contributed by atoms with Gasteiger partial charge in [-0.3, -0.25) is 4.79 Å². The molecule has 1 amide bonds. The highest BCUT2D eigenvalue weighted by atomic mass is 35.5. The number of anilines is 1. The first-order chi connectivity index (χ1) is 13.4. The van der Waals surface area contributed by atoms with E-state index in [2.05, 4.69) is 5.32 Å². The van der Waals surface area contributed by atoms with Crippen molar-refractivity contribution in [2.75, 3.05) is 25.5 Å². The number of carbonyl (C=O) groups excluding carboxylic acids is 1. The Hall–Kier alpha value is -2.30. The summed E-state index contributed by atoms with van der Waals surface area (Å²) in [7, 11) is -2.82. The number of hydrogen-bond acceptors (Lipinski definition) is 4. The molecule has 0 spiro atoms. The lowest BCUT2D eigenvalue weighted by Gasteiger charge is -2.18. The molecule has 0 radical (unpaired) electrons. The number of rotatable bonds is 7. The van der Waals surface area contributed by atoms with Crippen molar-refractivity contribution in [3.8, 4) is 5.75 Å². The lowest BCUT2D eigenvalue weighted by atomic mass is 10.2. The van der Waals surface area contributed by atoms with Gasteiger partial charge in [0, 0.05) is 7.05 Å². The largest absolute Gasteiger partial charge is 0.494 e. The third kappa shape index (κ3) is 5.84. The van der Waals surface area contributed by atoms with E-state index in [4.69, 9.17) is 16.3 Å². The summed E-state index contributed by atoms with van der Waals surface area (Å²) < 4.78 is 69.6. The van der Waals surface area contributed by atoms with Crippen LogP contribution in [-0.2, 0) is 21.0 Å². The molecule has 0 heterocycles. The van der Waals surface area contributed by atoms with Crippen molar-refractivity contribution in [2.45, 2.75) is 18.0 Å². The first kappa shape index (κ1) is 23.0. The van der Waals surface area contributed by atoms with E-state index in [-0.39, 0.29) is 15.6 Å². The Morgan fingerprint density at radius 1 is 1.17 bits per heavy atom. The monoisotopic (exact) mass is 450 g/mol. The number of carbonyl (C=O) groups is 1. The number of hydrogen-bond donors (Lipinski definition) is 1. The average molecular weight is 451 g/mol. The molecule has 0 unspecified atom stereocenters. The third-order valence-electron chi connectivity index (χ3n) is 3.78. The van der Waals surface area contributed by atoms with Gasteiger partial charge in [0.25, 0.3) is 0 Å². The van der Waals surface area contributed by atoms with Crippen LogP contribution in [0.2, 0.25) is 5.02 Å². The summed E-state index contributed by atoms with van der Waals surface area (Å²) in [5, 5.41) is 2.10. The molecule has 0 saturated heterocycles. The Kier molecular flexibility index (Phi) is 7.15. The fraction of sp³-hybridized carbons (Fsp3) is 0.278. The van der Waals surface area contributed by atoms with E-state index in [9.17, 15) is 26.4 Å². The minimum Gasteiger partial charge on any atom is -0.494 e. The molecule has 0 aliphatic rings. The van der Waals surface area contributed by atoms with E-state index in [1.807, 2.05) is 0 Å². The predicted octanol–water partition coefficient (Wildman–Crippen LogP) is 4.02. The smallest absolute Gasteiger partial charge is 0.416 e. The first-order valence-corrected chi connectivity index (χ1v) is 10.1. The summed E-state index contributed by atoms with van der Waals surface area (Å²) in [6, 6.07) is 8.08. The van der Waals surface area contributed by atoms with Gasteiger partial charge in [0.05, 0.1) is 34.3 Å². The number of ether oxygens (including phenoxy) is 1. The SMILES string of the molecule is CCOc1ccc(S(=O)(=O)N(C)CC(=O)Nc2cc(C(F)(F)F)ccc2Cl)cc1. The molecule has 0 saturated carbocycles. The Bertz CT molecular complexity index is 980. The number of alkyl halides is 3. The fourth-order valence-corrected chi connectivity index (χ4v) is 3.62. The lowest BCUT2D eigenvalue weighted by Crippen LogP contribution is -2.35. The molecular formula is C18H18ClF3N2O4S. The van der Waals surface area contributed by atoms with Crippen LogP contribution in [0.3, 0.4) is 0 Å². The maximum Gasteiger partial charge on any atom is 0.416 e. The Morgan fingerprint density at radius 3 is 2.34 bits per heavy atom. The van der Waals surface area contributed by atoms with Gasteiger partial charge >= 0.3 is 6.18 Å². The molecule has 6 nitrogen and oxygen atoms in total. The zero-order valence-corrected chi connectivity index (χ0v) is 17.0. The topological polar surface area (TPSA) is 75.7 Å². The summed E-state index contributed by atoms with van der Waals surface area (Å²) in [6.07, 6.45) is -4.61. The van der Waals surface area contributed by atoms with Crippen LogP contribution in [0.15, 0.2) is 47.4 Å². The van der Waals surface area contributed by atoms with Crippen molar-refractivity contribution >= 4 is 33.2 Å². The van der Waals surface area contributed by atoms with Crippen LogP contribution in [0.25, 0.3) is 0 Å². The molecule has 29 heavy (non-hydrogen) atoms. The second-order valence-electron chi connectivity index (χ2n) is 5.91. The number of likely N-dealkylation sites (N-methyl/N-ethyl adjacent to an activating group) is 1. The summed E-state index contributed by atoms with van der Waals surface area (Å²) in [4.78, 5) is 12.1. The van der Waals surface area contributed by atoms with Crippen LogP contribution < -0.4 is 10.1 Å². The molecular weight excluding hydrogens is 433 g/mol. The molecule has 0 fully saturated rings. The van der Waals surface area contributed by atoms with Crippen molar-refractivity contribution < 1.29 is 31.1 Å². The zero-order valence-electron chi connectivity index (χ0n) is 15.5. The van der Waals surface area contributed by atoms with E-state index in [0.717, 1.165) is 16.4 Å². The molecule has 0 aliphatic heterocycles. The molecule has 0 bridgehead atoms. The standard InChI is InChI=1S/C18H18ClF3N2O4S/c1-3-28-13-5-7-14(8-6-13)29(26,27)24(2)11-17(25)23-16-10-12(18(20,21)22)4-9-15(16)19/h4-10H,3,11H2,1-2H3,(H,23,25). The first-order valence-electron chi connectivity index (χ1n) is 8.31. The summed E-state index contributed by atoms with van der Waals surface area (Å²) in [6.45, 7) is 1.58. The highest BCUT2D eigenvalue weighted by Gasteiger charge is 2.31. The van der Waals surface area contributed by atoms with Crippen molar-refractivity contribution in [2.24, 2.45) is 0 Å². The number of benzene rings is 2. The number of nitrogens with one attached hydrogen (secondary N) is 1. The highest BCUT2D eigenvalue weighted by molar-refractivity contribution is 7.89. The number of amides is 1. The van der Waals surface area contributed by atoms with Crippen LogP contribution in [0.5, 0.6) is 5.75 Å². The lowest BCUT2D eigenvalue weighted by molar-refractivity contribution is -0.137. The molecule has 1 N–H and O–H groups in total. The van der Waals surface area contributed by atoms with E-state index in [1.165, 1.54) is 31.3 Å². The van der Waals surface area contributed by atoms with Crippen molar-refractivity contribution in [1.29, 1.82) is 0 Å². The molecule has 2 rings (SSSR count). The second-order valence-corrected chi connectivity index (χ2v) is 8.36. The van der Waals surface area contributed by atoms with Crippen LogP contribution >= 0.6 is 11.6 Å². The van der Waals surface area contributed by atoms with E-state index in [0.29, 0.717) is 18.4 Å². The van der Waals surface area contributed by atoms with Crippen LogP contribution in [0.1, 0.15) is 12.5 Å².